The minimum atomic E-state index is 0.0357. The molecule has 2 aliphatic rings. The van der Waals surface area contributed by atoms with Gasteiger partial charge in [0.2, 0.25) is 0 Å². The molecule has 0 aromatic heterocycles. The Morgan fingerprint density at radius 1 is 1.13 bits per heavy atom. The van der Waals surface area contributed by atoms with Crippen molar-refractivity contribution in [1.29, 1.82) is 0 Å². The number of hydrogen-bond acceptors (Lipinski definition) is 3. The monoisotopic (exact) mass is 406 g/mol. The minimum absolute atomic E-state index is 0.0357. The molecule has 0 aliphatic heterocycles. The Morgan fingerprint density at radius 3 is 2.77 bits per heavy atom. The lowest BCUT2D eigenvalue weighted by molar-refractivity contribution is 0.0802. The molecular formula is C26H34N2O2. The zero-order valence-corrected chi connectivity index (χ0v) is 18.3. The molecule has 1 saturated carbocycles. The molecule has 1 fully saturated rings. The van der Waals surface area contributed by atoms with Crippen molar-refractivity contribution >= 4 is 5.91 Å². The van der Waals surface area contributed by atoms with Gasteiger partial charge in [-0.15, -0.1) is 0 Å². The van der Waals surface area contributed by atoms with Crippen LogP contribution in [0.3, 0.4) is 0 Å². The van der Waals surface area contributed by atoms with Gasteiger partial charge in [0.05, 0.1) is 6.61 Å². The first kappa shape index (κ1) is 20.9. The van der Waals surface area contributed by atoms with E-state index in [1.54, 1.807) is 4.90 Å². The van der Waals surface area contributed by atoms with E-state index in [2.05, 4.69) is 18.2 Å². The van der Waals surface area contributed by atoms with Crippen LogP contribution in [0.25, 0.3) is 0 Å². The molecule has 0 radical (unpaired) electrons. The molecule has 2 aromatic rings. The lowest BCUT2D eigenvalue weighted by Gasteiger charge is -2.26. The van der Waals surface area contributed by atoms with Gasteiger partial charge in [-0.3, -0.25) is 4.79 Å². The number of nitrogens with two attached hydrogens (primary N) is 1. The van der Waals surface area contributed by atoms with Crippen LogP contribution < -0.4 is 10.5 Å². The number of aryl methyl sites for hydroxylation is 1. The van der Waals surface area contributed by atoms with Gasteiger partial charge in [-0.1, -0.05) is 24.3 Å². The van der Waals surface area contributed by atoms with E-state index < -0.39 is 0 Å². The summed E-state index contributed by atoms with van der Waals surface area (Å²) in [4.78, 5) is 14.1. The van der Waals surface area contributed by atoms with Gasteiger partial charge in [-0.05, 0) is 92.2 Å². The summed E-state index contributed by atoms with van der Waals surface area (Å²) in [6.07, 6.45) is 6.85. The zero-order valence-electron chi connectivity index (χ0n) is 18.3. The summed E-state index contributed by atoms with van der Waals surface area (Å²) in [5.41, 5.74) is 11.3. The fourth-order valence-corrected chi connectivity index (χ4v) is 4.86. The maximum Gasteiger partial charge on any atom is 0.253 e. The van der Waals surface area contributed by atoms with Crippen molar-refractivity contribution in [2.75, 3.05) is 20.2 Å². The van der Waals surface area contributed by atoms with Gasteiger partial charge in [0.1, 0.15) is 5.75 Å². The van der Waals surface area contributed by atoms with E-state index in [1.165, 1.54) is 23.1 Å². The van der Waals surface area contributed by atoms with E-state index in [9.17, 15) is 4.79 Å². The summed E-state index contributed by atoms with van der Waals surface area (Å²) < 4.78 is 6.10. The maximum absolute atomic E-state index is 12.4. The minimum Gasteiger partial charge on any atom is -0.493 e. The highest BCUT2D eigenvalue weighted by Gasteiger charge is 2.25. The molecule has 30 heavy (non-hydrogen) atoms. The number of fused-ring (bicyclic) bond motifs is 1. The van der Waals surface area contributed by atoms with Crippen molar-refractivity contribution in [3.63, 3.8) is 0 Å². The first-order valence-corrected chi connectivity index (χ1v) is 11.4. The van der Waals surface area contributed by atoms with Crippen LogP contribution in [0.5, 0.6) is 5.75 Å². The second-order valence-corrected chi connectivity index (χ2v) is 9.07. The topological polar surface area (TPSA) is 55.6 Å². The first-order valence-electron chi connectivity index (χ1n) is 11.4. The molecule has 1 amide bonds. The molecule has 0 saturated heterocycles. The van der Waals surface area contributed by atoms with Crippen LogP contribution in [0.4, 0.5) is 0 Å². The van der Waals surface area contributed by atoms with Gasteiger partial charge in [0, 0.05) is 25.2 Å². The van der Waals surface area contributed by atoms with Gasteiger partial charge in [0.15, 0.2) is 0 Å². The highest BCUT2D eigenvalue weighted by atomic mass is 16.5. The second-order valence-electron chi connectivity index (χ2n) is 9.07. The SMILES string of the molecule is CCN(C)C(=O)c1cccc(OCC2CCc3cc(C4CCC(N)C4)ccc3C2)c1. The molecule has 2 aromatic carbocycles. The fourth-order valence-electron chi connectivity index (χ4n) is 4.86. The average Bonchev–Trinajstić information content (AvgIpc) is 3.22. The predicted octanol–water partition coefficient (Wildman–Crippen LogP) is 4.56. The molecule has 0 heterocycles. The molecular weight excluding hydrogens is 372 g/mol. The average molecular weight is 407 g/mol. The number of benzene rings is 2. The summed E-state index contributed by atoms with van der Waals surface area (Å²) >= 11 is 0. The Morgan fingerprint density at radius 2 is 2.00 bits per heavy atom. The van der Waals surface area contributed by atoms with Crippen LogP contribution in [0.1, 0.15) is 65.6 Å². The Bertz CT molecular complexity index is 894. The molecule has 3 atom stereocenters. The number of carbonyl (C=O) groups is 1. The summed E-state index contributed by atoms with van der Waals surface area (Å²) in [7, 11) is 1.82. The summed E-state index contributed by atoms with van der Waals surface area (Å²) in [5.74, 6) is 1.98. The van der Waals surface area contributed by atoms with Gasteiger partial charge in [-0.25, -0.2) is 0 Å². The highest BCUT2D eigenvalue weighted by Crippen LogP contribution is 2.36. The number of hydrogen-bond donors (Lipinski definition) is 1. The van der Waals surface area contributed by atoms with Gasteiger partial charge >= 0.3 is 0 Å². The zero-order chi connectivity index (χ0) is 21.1. The van der Waals surface area contributed by atoms with Crippen molar-refractivity contribution < 1.29 is 9.53 Å². The molecule has 2 aliphatic carbocycles. The van der Waals surface area contributed by atoms with Gasteiger partial charge in [-0.2, -0.15) is 0 Å². The number of ether oxygens (including phenoxy) is 1. The molecule has 4 nitrogen and oxygen atoms in total. The first-order chi connectivity index (χ1) is 14.5. The normalized spacial score (nSPS) is 23.1. The smallest absolute Gasteiger partial charge is 0.253 e. The van der Waals surface area contributed by atoms with Crippen molar-refractivity contribution in [2.45, 2.75) is 57.4 Å². The van der Waals surface area contributed by atoms with E-state index >= 15 is 0 Å². The molecule has 3 unspecified atom stereocenters. The summed E-state index contributed by atoms with van der Waals surface area (Å²) in [6.45, 7) is 3.37. The molecule has 0 spiro atoms. The van der Waals surface area contributed by atoms with E-state index in [4.69, 9.17) is 10.5 Å². The third kappa shape index (κ3) is 4.70. The van der Waals surface area contributed by atoms with Crippen molar-refractivity contribution in [3.05, 3.63) is 64.7 Å². The van der Waals surface area contributed by atoms with Gasteiger partial charge in [0.25, 0.3) is 5.91 Å². The summed E-state index contributed by atoms with van der Waals surface area (Å²) in [5, 5.41) is 0. The third-order valence-corrected chi connectivity index (χ3v) is 6.89. The number of carbonyl (C=O) groups excluding carboxylic acids is 1. The van der Waals surface area contributed by atoms with E-state index in [1.807, 2.05) is 38.2 Å². The maximum atomic E-state index is 12.4. The van der Waals surface area contributed by atoms with Crippen LogP contribution >= 0.6 is 0 Å². The van der Waals surface area contributed by atoms with Gasteiger partial charge < -0.3 is 15.4 Å². The van der Waals surface area contributed by atoms with Crippen LogP contribution in [0.15, 0.2) is 42.5 Å². The third-order valence-electron chi connectivity index (χ3n) is 6.89. The molecule has 4 heteroatoms. The van der Waals surface area contributed by atoms with Crippen molar-refractivity contribution in [3.8, 4) is 5.75 Å². The fraction of sp³-hybridized carbons (Fsp3) is 0.500. The van der Waals surface area contributed by atoms with Crippen LogP contribution in [0, 0.1) is 5.92 Å². The summed E-state index contributed by atoms with van der Waals surface area (Å²) in [6, 6.07) is 15.0. The van der Waals surface area contributed by atoms with E-state index in [0.717, 1.165) is 37.9 Å². The Balaban J connectivity index is 1.35. The Hall–Kier alpha value is -2.33. The lowest BCUT2D eigenvalue weighted by Crippen LogP contribution is -2.26. The van der Waals surface area contributed by atoms with E-state index in [0.29, 0.717) is 36.6 Å². The molecule has 0 bridgehead atoms. The van der Waals surface area contributed by atoms with Crippen LogP contribution in [0.2, 0.25) is 0 Å². The lowest BCUT2D eigenvalue weighted by atomic mass is 9.82. The number of amides is 1. The Labute approximate surface area is 180 Å². The standard InChI is InChI=1S/C26H34N2O2/c1-3-28(2)26(29)23-5-4-6-25(16-23)30-17-18-7-8-20-14-21(10-9-19(20)13-18)22-11-12-24(27)15-22/h4-6,9-10,14,16,18,22,24H,3,7-8,11-13,15,17,27H2,1-2H3. The molecule has 160 valence electrons. The Kier molecular flexibility index (Phi) is 6.43. The highest BCUT2D eigenvalue weighted by molar-refractivity contribution is 5.94. The van der Waals surface area contributed by atoms with Crippen molar-refractivity contribution in [1.82, 2.24) is 4.90 Å². The number of rotatable bonds is 6. The van der Waals surface area contributed by atoms with Crippen LogP contribution in [-0.2, 0) is 12.8 Å². The van der Waals surface area contributed by atoms with Crippen molar-refractivity contribution in [2.24, 2.45) is 11.7 Å². The van der Waals surface area contributed by atoms with E-state index in [-0.39, 0.29) is 5.91 Å². The molecule has 4 rings (SSSR count). The number of nitrogens with zero attached hydrogens (tertiary/aromatic N) is 1. The second kappa shape index (κ2) is 9.22. The molecule has 2 N–H and O–H groups in total. The quantitative estimate of drug-likeness (QED) is 0.765. The predicted molar refractivity (Wildman–Crippen MR) is 121 cm³/mol. The largest absolute Gasteiger partial charge is 0.493 e. The van der Waals surface area contributed by atoms with Crippen LogP contribution in [-0.4, -0.2) is 37.0 Å².